The van der Waals surface area contributed by atoms with Crippen molar-refractivity contribution in [3.8, 4) is 0 Å². The highest BCUT2D eigenvalue weighted by Crippen LogP contribution is 2.18. The van der Waals surface area contributed by atoms with Gasteiger partial charge in [-0.2, -0.15) is 0 Å². The zero-order valence-electron chi connectivity index (χ0n) is 38.4. The van der Waals surface area contributed by atoms with E-state index < -0.39 is 0 Å². The first-order valence-electron chi connectivity index (χ1n) is 25.9. The quantitative estimate of drug-likeness (QED) is 0.0430. The Labute approximate surface area is 339 Å². The van der Waals surface area contributed by atoms with E-state index in [9.17, 15) is 0 Å². The number of quaternary nitrogens is 1. The molecule has 0 bridgehead atoms. The third-order valence-corrected chi connectivity index (χ3v) is 12.4. The van der Waals surface area contributed by atoms with Crippen molar-refractivity contribution < 1.29 is 4.48 Å². The van der Waals surface area contributed by atoms with Gasteiger partial charge in [0, 0.05) is 0 Å². The van der Waals surface area contributed by atoms with Crippen LogP contribution in [-0.2, 0) is 0 Å². The van der Waals surface area contributed by atoms with Crippen LogP contribution in [0.5, 0.6) is 0 Å². The van der Waals surface area contributed by atoms with Crippen molar-refractivity contribution in [3.05, 3.63) is 0 Å². The fourth-order valence-corrected chi connectivity index (χ4v) is 8.61. The summed E-state index contributed by atoms with van der Waals surface area (Å²) in [6, 6.07) is 0. The molecule has 0 radical (unpaired) electrons. The van der Waals surface area contributed by atoms with Gasteiger partial charge in [-0.25, -0.2) is 0 Å². The first-order chi connectivity index (χ1) is 26.1. The maximum absolute atomic E-state index is 2.31. The number of rotatable bonds is 48. The number of unbranched alkanes of at least 4 members (excludes halogenated alkanes) is 46. The van der Waals surface area contributed by atoms with Crippen molar-refractivity contribution in [2.24, 2.45) is 0 Å². The largest absolute Gasteiger partial charge is 0.331 e. The van der Waals surface area contributed by atoms with Crippen LogP contribution >= 0.6 is 0 Å². The van der Waals surface area contributed by atoms with E-state index in [0.29, 0.717) is 0 Å². The van der Waals surface area contributed by atoms with Crippen LogP contribution in [0.25, 0.3) is 0 Å². The lowest BCUT2D eigenvalue weighted by Crippen LogP contribution is -2.35. The summed E-state index contributed by atoms with van der Waals surface area (Å²) >= 11 is 0. The Kier molecular flexibility index (Phi) is 46.3. The van der Waals surface area contributed by atoms with Crippen LogP contribution in [0, 0.1) is 0 Å². The molecular weight excluding hydrogens is 639 g/mol. The Bertz CT molecular complexity index is 619. The van der Waals surface area contributed by atoms with Crippen molar-refractivity contribution >= 4 is 0 Å². The normalized spacial score (nSPS) is 12.0. The molecule has 0 aromatic carbocycles. The molecule has 53 heavy (non-hydrogen) atoms. The van der Waals surface area contributed by atoms with Crippen LogP contribution < -0.4 is 0 Å². The van der Waals surface area contributed by atoms with Crippen LogP contribution in [-0.4, -0.2) is 32.2 Å². The van der Waals surface area contributed by atoms with Gasteiger partial charge in [-0.15, -0.1) is 0 Å². The molecule has 0 aromatic rings. The highest BCUT2D eigenvalue weighted by atomic mass is 15.3. The Morgan fingerprint density at radius 3 is 0.396 bits per heavy atom. The van der Waals surface area contributed by atoms with Crippen molar-refractivity contribution in [2.75, 3.05) is 27.7 Å². The predicted molar refractivity (Wildman–Crippen MR) is 246 cm³/mol. The molecule has 0 saturated carbocycles. The van der Waals surface area contributed by atoms with E-state index in [4.69, 9.17) is 0 Å². The Balaban J connectivity index is 3.06. The molecule has 0 fully saturated rings. The summed E-state index contributed by atoms with van der Waals surface area (Å²) in [5.74, 6) is 0. The molecule has 0 unspecified atom stereocenters. The monoisotopic (exact) mass is 747 g/mol. The summed E-state index contributed by atoms with van der Waals surface area (Å²) in [6.45, 7) is 3.65. The average Bonchev–Trinajstić information content (AvgIpc) is 3.14. The van der Waals surface area contributed by atoms with Crippen LogP contribution in [0.4, 0.5) is 0 Å². The molecule has 0 saturated heterocycles. The maximum atomic E-state index is 2.31. The summed E-state index contributed by atoms with van der Waals surface area (Å²) in [4.78, 5) is 0. The van der Waals surface area contributed by atoms with Crippen LogP contribution in [0.1, 0.15) is 309 Å². The highest BCUT2D eigenvalue weighted by Gasteiger charge is 2.05. The minimum absolute atomic E-state index is 1.12. The van der Waals surface area contributed by atoms with Crippen LogP contribution in [0.15, 0.2) is 0 Å². The number of hydrogen-bond donors (Lipinski definition) is 0. The zero-order valence-corrected chi connectivity index (χ0v) is 38.4. The minimum atomic E-state index is 1.12. The van der Waals surface area contributed by atoms with E-state index in [-0.39, 0.29) is 0 Å². The fourth-order valence-electron chi connectivity index (χ4n) is 8.61. The van der Waals surface area contributed by atoms with Crippen molar-refractivity contribution in [1.29, 1.82) is 0 Å². The summed E-state index contributed by atoms with van der Waals surface area (Å²) in [7, 11) is 6.94. The Hall–Kier alpha value is -0.0400. The molecule has 0 aromatic heterocycles. The molecule has 320 valence electrons. The summed E-state index contributed by atoms with van der Waals surface area (Å²) < 4.78 is 1.12. The van der Waals surface area contributed by atoms with Crippen molar-refractivity contribution in [2.45, 2.75) is 309 Å². The first kappa shape index (κ1) is 53.0. The van der Waals surface area contributed by atoms with E-state index in [1.165, 1.54) is 308 Å². The summed E-state index contributed by atoms with van der Waals surface area (Å²) in [6.07, 6.45) is 69.8. The second kappa shape index (κ2) is 46.3. The molecule has 0 rings (SSSR count). The SMILES string of the molecule is CCCCCCCCCCCCCCCCCCCCCCCCCCCCCCCCCCCCCCCCCCCCCCCCC[N+](C)(C)C. The average molecular weight is 747 g/mol. The van der Waals surface area contributed by atoms with Gasteiger partial charge in [-0.1, -0.05) is 296 Å². The van der Waals surface area contributed by atoms with Gasteiger partial charge in [0.25, 0.3) is 0 Å². The molecule has 0 aliphatic carbocycles. The fraction of sp³-hybridized carbons (Fsp3) is 1.00. The van der Waals surface area contributed by atoms with Crippen LogP contribution in [0.2, 0.25) is 0 Å². The van der Waals surface area contributed by atoms with Gasteiger partial charge < -0.3 is 4.48 Å². The lowest BCUT2D eigenvalue weighted by molar-refractivity contribution is -0.870. The lowest BCUT2D eigenvalue weighted by Gasteiger charge is -2.23. The third kappa shape index (κ3) is 52.0. The predicted octanol–water partition coefficient (Wildman–Crippen LogP) is 19.0. The molecular formula is C52H108N+. The maximum Gasteiger partial charge on any atom is 0.0780 e. The van der Waals surface area contributed by atoms with E-state index in [0.717, 1.165) is 4.48 Å². The van der Waals surface area contributed by atoms with Gasteiger partial charge >= 0.3 is 0 Å². The van der Waals surface area contributed by atoms with Crippen LogP contribution in [0.3, 0.4) is 0 Å². The van der Waals surface area contributed by atoms with E-state index >= 15 is 0 Å². The lowest BCUT2D eigenvalue weighted by atomic mass is 10.0. The summed E-state index contributed by atoms with van der Waals surface area (Å²) in [5, 5.41) is 0. The number of nitrogens with zero attached hydrogens (tertiary/aromatic N) is 1. The smallest absolute Gasteiger partial charge is 0.0780 e. The van der Waals surface area contributed by atoms with Gasteiger partial charge in [-0.3, -0.25) is 0 Å². The second-order valence-electron chi connectivity index (χ2n) is 19.3. The van der Waals surface area contributed by atoms with Gasteiger partial charge in [0.15, 0.2) is 0 Å². The second-order valence-corrected chi connectivity index (χ2v) is 19.3. The molecule has 1 nitrogen and oxygen atoms in total. The van der Waals surface area contributed by atoms with E-state index in [2.05, 4.69) is 28.1 Å². The Morgan fingerprint density at radius 2 is 0.283 bits per heavy atom. The molecule has 0 aliphatic rings. The molecule has 0 aliphatic heterocycles. The van der Waals surface area contributed by atoms with Gasteiger partial charge in [0.1, 0.15) is 0 Å². The first-order valence-corrected chi connectivity index (χ1v) is 25.9. The molecule has 0 N–H and O–H groups in total. The number of hydrogen-bond acceptors (Lipinski definition) is 0. The van der Waals surface area contributed by atoms with Crippen molar-refractivity contribution in [1.82, 2.24) is 0 Å². The topological polar surface area (TPSA) is 0 Å². The molecule has 0 spiro atoms. The standard InChI is InChI=1S/C52H108N/c1-5-6-7-8-9-10-11-12-13-14-15-16-17-18-19-20-21-22-23-24-25-26-27-28-29-30-31-32-33-34-35-36-37-38-39-40-41-42-43-44-45-46-47-48-49-50-51-52-53(2,3)4/h5-52H2,1-4H3/q+1. The van der Waals surface area contributed by atoms with E-state index in [1.807, 2.05) is 0 Å². The molecule has 0 amide bonds. The Morgan fingerprint density at radius 1 is 0.170 bits per heavy atom. The molecule has 1 heteroatoms. The molecule has 0 heterocycles. The van der Waals surface area contributed by atoms with Gasteiger partial charge in [0.2, 0.25) is 0 Å². The summed E-state index contributed by atoms with van der Waals surface area (Å²) in [5.41, 5.74) is 0. The van der Waals surface area contributed by atoms with Gasteiger partial charge in [-0.05, 0) is 12.8 Å². The van der Waals surface area contributed by atoms with E-state index in [1.54, 1.807) is 0 Å². The highest BCUT2D eigenvalue weighted by molar-refractivity contribution is 4.54. The minimum Gasteiger partial charge on any atom is -0.331 e. The van der Waals surface area contributed by atoms with Crippen molar-refractivity contribution in [3.63, 3.8) is 0 Å². The zero-order chi connectivity index (χ0) is 38.4. The third-order valence-electron chi connectivity index (χ3n) is 12.4. The molecule has 0 atom stereocenters. The van der Waals surface area contributed by atoms with Gasteiger partial charge in [0.05, 0.1) is 27.7 Å².